The predicted octanol–water partition coefficient (Wildman–Crippen LogP) is 3.22. The average Bonchev–Trinajstić information content (AvgIpc) is 2.49. The zero-order valence-electron chi connectivity index (χ0n) is 12.8. The molecule has 0 fully saturated rings. The number of fused-ring (bicyclic) bond motifs is 1. The van der Waals surface area contributed by atoms with E-state index in [0.717, 1.165) is 12.8 Å². The van der Waals surface area contributed by atoms with Gasteiger partial charge in [0.05, 0.1) is 6.04 Å². The van der Waals surface area contributed by atoms with Crippen LogP contribution in [0.3, 0.4) is 0 Å². The Morgan fingerprint density at radius 2 is 2.05 bits per heavy atom. The minimum atomic E-state index is -1.28. The van der Waals surface area contributed by atoms with Gasteiger partial charge in [0.25, 0.3) is 0 Å². The summed E-state index contributed by atoms with van der Waals surface area (Å²) >= 11 is 0. The molecule has 22 heavy (non-hydrogen) atoms. The van der Waals surface area contributed by atoms with Gasteiger partial charge in [0.1, 0.15) is 0 Å². The summed E-state index contributed by atoms with van der Waals surface area (Å²) in [5, 5.41) is 3.31. The summed E-state index contributed by atoms with van der Waals surface area (Å²) < 4.78 is 13.5. The molecular weight excluding hydrogens is 281 g/mol. The molecule has 1 aromatic carbocycles. The number of nitrogens with two attached hydrogens (primary N) is 1. The zero-order valence-corrected chi connectivity index (χ0v) is 12.8. The molecule has 6 heteroatoms. The molecule has 0 saturated heterocycles. The minimum absolute atomic E-state index is 0.0359. The molecule has 1 aliphatic rings. The van der Waals surface area contributed by atoms with Gasteiger partial charge < -0.3 is 11.1 Å². The number of rotatable bonds is 3. The normalized spacial score (nSPS) is 22.0. The molecule has 116 valence electrons. The first-order valence-electron chi connectivity index (χ1n) is 7.54. The Balaban J connectivity index is 1.93. The number of aryl methyl sites for hydroxylation is 1. The fourth-order valence-electron chi connectivity index (χ4n) is 2.93. The molecule has 3 atom stereocenters. The first-order chi connectivity index (χ1) is 10.5. The lowest BCUT2D eigenvalue weighted by Crippen LogP contribution is -2.26. The minimum Gasteiger partial charge on any atom is -0.368 e. The molecule has 1 aliphatic carbocycles. The molecule has 1 heterocycles. The van der Waals surface area contributed by atoms with Crippen molar-refractivity contribution in [1.29, 1.82) is 0 Å². The number of hydrogen-bond donors (Lipinski definition) is 2. The molecule has 0 unspecified atom stereocenters. The Morgan fingerprint density at radius 3 is 2.82 bits per heavy atom. The van der Waals surface area contributed by atoms with Crippen LogP contribution < -0.4 is 11.1 Å². The number of benzene rings is 1. The van der Waals surface area contributed by atoms with Crippen molar-refractivity contribution >= 4 is 11.9 Å². The molecule has 3 rings (SSSR count). The summed E-state index contributed by atoms with van der Waals surface area (Å²) in [4.78, 5) is 12.1. The lowest BCUT2D eigenvalue weighted by Gasteiger charge is -2.32. The van der Waals surface area contributed by atoms with Crippen LogP contribution in [0.15, 0.2) is 24.3 Å². The van der Waals surface area contributed by atoms with Crippen molar-refractivity contribution in [2.45, 2.75) is 38.9 Å². The highest BCUT2D eigenvalue weighted by atomic mass is 19.1. The Morgan fingerprint density at radius 1 is 1.27 bits per heavy atom. The number of nitrogen functional groups attached to an aromatic ring is 1. The van der Waals surface area contributed by atoms with Gasteiger partial charge in [0.2, 0.25) is 11.9 Å². The number of nitrogens with one attached hydrogen (secondary N) is 1. The highest BCUT2D eigenvalue weighted by Gasteiger charge is 2.27. The number of alkyl halides is 1. The SMILES string of the molecule is C[C@H](F)c1nc(N)nc(N[C@H]2c3ccccc3CC[C@H]2C)n1. The second kappa shape index (κ2) is 5.87. The van der Waals surface area contributed by atoms with E-state index in [1.54, 1.807) is 0 Å². The standard InChI is InChI=1S/C16H20FN5/c1-9-7-8-11-5-3-4-6-12(11)13(9)19-16-21-14(10(2)17)20-15(18)22-16/h3-6,9-10,13H,7-8H2,1-2H3,(H3,18,19,20,21,22)/t9-,10+,13-/m1/s1. The van der Waals surface area contributed by atoms with Crippen molar-refractivity contribution in [3.8, 4) is 0 Å². The molecule has 3 N–H and O–H groups in total. The molecule has 2 aromatic rings. The summed E-state index contributed by atoms with van der Waals surface area (Å²) in [5.41, 5.74) is 8.24. The first kappa shape index (κ1) is 14.7. The topological polar surface area (TPSA) is 76.7 Å². The van der Waals surface area contributed by atoms with Gasteiger partial charge in [0.15, 0.2) is 12.0 Å². The lowest BCUT2D eigenvalue weighted by molar-refractivity contribution is 0.356. The van der Waals surface area contributed by atoms with E-state index in [-0.39, 0.29) is 17.8 Å². The number of hydrogen-bond acceptors (Lipinski definition) is 5. The highest BCUT2D eigenvalue weighted by molar-refractivity contribution is 5.40. The van der Waals surface area contributed by atoms with Gasteiger partial charge in [0, 0.05) is 0 Å². The third-order valence-corrected chi connectivity index (χ3v) is 4.14. The van der Waals surface area contributed by atoms with E-state index in [1.807, 2.05) is 6.07 Å². The molecule has 5 nitrogen and oxygen atoms in total. The van der Waals surface area contributed by atoms with Crippen LogP contribution in [0, 0.1) is 5.92 Å². The second-order valence-electron chi connectivity index (χ2n) is 5.83. The van der Waals surface area contributed by atoms with Gasteiger partial charge >= 0.3 is 0 Å². The van der Waals surface area contributed by atoms with Crippen LogP contribution in [0.2, 0.25) is 0 Å². The van der Waals surface area contributed by atoms with Crippen molar-refractivity contribution in [2.24, 2.45) is 5.92 Å². The summed E-state index contributed by atoms with van der Waals surface area (Å²) in [6.07, 6.45) is 0.880. The van der Waals surface area contributed by atoms with Gasteiger partial charge in [-0.15, -0.1) is 0 Å². The molecule has 0 amide bonds. The fraction of sp³-hybridized carbons (Fsp3) is 0.438. The Hall–Kier alpha value is -2.24. The van der Waals surface area contributed by atoms with E-state index in [1.165, 1.54) is 18.1 Å². The molecule has 0 aliphatic heterocycles. The summed E-state index contributed by atoms with van der Waals surface area (Å²) in [6, 6.07) is 8.44. The van der Waals surface area contributed by atoms with Crippen molar-refractivity contribution in [3.05, 3.63) is 41.2 Å². The van der Waals surface area contributed by atoms with Gasteiger partial charge in [-0.05, 0) is 36.8 Å². The van der Waals surface area contributed by atoms with E-state index in [2.05, 4.69) is 45.4 Å². The third kappa shape index (κ3) is 2.86. The van der Waals surface area contributed by atoms with Crippen LogP contribution >= 0.6 is 0 Å². The fourth-order valence-corrected chi connectivity index (χ4v) is 2.93. The largest absolute Gasteiger partial charge is 0.368 e. The van der Waals surface area contributed by atoms with E-state index < -0.39 is 6.17 Å². The van der Waals surface area contributed by atoms with E-state index in [9.17, 15) is 4.39 Å². The molecular formula is C16H20FN5. The number of aromatic nitrogens is 3. The van der Waals surface area contributed by atoms with Crippen LogP contribution in [-0.2, 0) is 6.42 Å². The maximum Gasteiger partial charge on any atom is 0.228 e. The summed E-state index contributed by atoms with van der Waals surface area (Å²) in [6.45, 7) is 3.58. The molecule has 1 aromatic heterocycles. The Kier molecular flexibility index (Phi) is 3.92. The molecule has 0 radical (unpaired) electrons. The van der Waals surface area contributed by atoms with Crippen molar-refractivity contribution in [3.63, 3.8) is 0 Å². The number of anilines is 2. The van der Waals surface area contributed by atoms with E-state index >= 15 is 0 Å². The quantitative estimate of drug-likeness (QED) is 0.910. The molecule has 0 bridgehead atoms. The van der Waals surface area contributed by atoms with E-state index in [0.29, 0.717) is 11.9 Å². The van der Waals surface area contributed by atoms with Crippen molar-refractivity contribution in [2.75, 3.05) is 11.1 Å². The van der Waals surface area contributed by atoms with Crippen LogP contribution in [0.1, 0.15) is 49.4 Å². The smallest absolute Gasteiger partial charge is 0.228 e. The van der Waals surface area contributed by atoms with Gasteiger partial charge in [-0.2, -0.15) is 15.0 Å². The lowest BCUT2D eigenvalue weighted by atomic mass is 9.81. The average molecular weight is 301 g/mol. The predicted molar refractivity (Wildman–Crippen MR) is 84.1 cm³/mol. The number of nitrogens with zero attached hydrogens (tertiary/aromatic N) is 3. The maximum absolute atomic E-state index is 13.5. The van der Waals surface area contributed by atoms with Crippen LogP contribution in [0.25, 0.3) is 0 Å². The number of halogens is 1. The third-order valence-electron chi connectivity index (χ3n) is 4.14. The summed E-state index contributed by atoms with van der Waals surface area (Å²) in [7, 11) is 0. The van der Waals surface area contributed by atoms with Gasteiger partial charge in [-0.3, -0.25) is 0 Å². The van der Waals surface area contributed by atoms with Crippen molar-refractivity contribution < 1.29 is 4.39 Å². The van der Waals surface area contributed by atoms with E-state index in [4.69, 9.17) is 5.73 Å². The Labute approximate surface area is 129 Å². The van der Waals surface area contributed by atoms with Gasteiger partial charge in [-0.25, -0.2) is 4.39 Å². The van der Waals surface area contributed by atoms with Crippen LogP contribution in [0.4, 0.5) is 16.3 Å². The second-order valence-corrected chi connectivity index (χ2v) is 5.83. The van der Waals surface area contributed by atoms with Crippen molar-refractivity contribution in [1.82, 2.24) is 15.0 Å². The molecule has 0 saturated carbocycles. The first-order valence-corrected chi connectivity index (χ1v) is 7.54. The molecule has 0 spiro atoms. The highest BCUT2D eigenvalue weighted by Crippen LogP contribution is 2.36. The van der Waals surface area contributed by atoms with Gasteiger partial charge in [-0.1, -0.05) is 31.2 Å². The monoisotopic (exact) mass is 301 g/mol. The van der Waals surface area contributed by atoms with Crippen LogP contribution in [-0.4, -0.2) is 15.0 Å². The summed E-state index contributed by atoms with van der Waals surface area (Å²) in [5.74, 6) is 0.861. The van der Waals surface area contributed by atoms with Crippen LogP contribution in [0.5, 0.6) is 0 Å². The maximum atomic E-state index is 13.5. The Bertz CT molecular complexity index is 673. The zero-order chi connectivity index (χ0) is 15.7.